The van der Waals surface area contributed by atoms with E-state index in [1.807, 2.05) is 4.68 Å². The van der Waals surface area contributed by atoms with Gasteiger partial charge in [0.15, 0.2) is 0 Å². The molecule has 94 valence electrons. The summed E-state index contributed by atoms with van der Waals surface area (Å²) in [7, 11) is 0. The summed E-state index contributed by atoms with van der Waals surface area (Å²) >= 11 is 0. The summed E-state index contributed by atoms with van der Waals surface area (Å²) in [6.45, 7) is 7.17. The highest BCUT2D eigenvalue weighted by molar-refractivity contribution is 5.09. The molecule has 1 aromatic rings. The van der Waals surface area contributed by atoms with Crippen LogP contribution in [0.5, 0.6) is 0 Å². The molecular weight excluding hydrogens is 214 g/mol. The van der Waals surface area contributed by atoms with Gasteiger partial charge in [-0.2, -0.15) is 5.10 Å². The molecule has 2 N–H and O–H groups in total. The first-order valence-electron chi connectivity index (χ1n) is 6.48. The van der Waals surface area contributed by atoms with E-state index in [4.69, 9.17) is 5.73 Å². The Bertz CT molecular complexity index is 401. The molecule has 0 unspecified atom stereocenters. The van der Waals surface area contributed by atoms with Crippen LogP contribution < -0.4 is 5.73 Å². The average Bonchev–Trinajstić information content (AvgIpc) is 2.97. The largest absolute Gasteiger partial charge is 0.323 e. The second-order valence-corrected chi connectivity index (χ2v) is 5.87. The predicted molar refractivity (Wildman–Crippen MR) is 65.3 cm³/mol. The third-order valence-electron chi connectivity index (χ3n) is 3.93. The van der Waals surface area contributed by atoms with Gasteiger partial charge in [0.25, 0.3) is 0 Å². The van der Waals surface area contributed by atoms with Gasteiger partial charge >= 0.3 is 0 Å². The number of hydrogen-bond acceptors (Lipinski definition) is 4. The fraction of sp³-hybridized carbons (Fsp3) is 0.833. The zero-order chi connectivity index (χ0) is 12.0. The summed E-state index contributed by atoms with van der Waals surface area (Å²) in [6.07, 6.45) is 4.30. The van der Waals surface area contributed by atoms with Crippen LogP contribution in [0, 0.1) is 5.92 Å². The molecule has 1 aliphatic carbocycles. The maximum absolute atomic E-state index is 6.34. The summed E-state index contributed by atoms with van der Waals surface area (Å²) in [5, 5.41) is 4.26. The van der Waals surface area contributed by atoms with E-state index in [1.54, 1.807) is 6.33 Å². The fourth-order valence-corrected chi connectivity index (χ4v) is 2.83. The molecule has 2 fully saturated rings. The Labute approximate surface area is 102 Å². The van der Waals surface area contributed by atoms with Crippen LogP contribution in [-0.4, -0.2) is 38.3 Å². The van der Waals surface area contributed by atoms with Gasteiger partial charge in [-0.3, -0.25) is 4.90 Å². The van der Waals surface area contributed by atoms with Gasteiger partial charge in [-0.1, -0.05) is 0 Å². The lowest BCUT2D eigenvalue weighted by Gasteiger charge is -2.48. The monoisotopic (exact) mass is 235 g/mol. The third kappa shape index (κ3) is 1.98. The number of hydrogen-bond donors (Lipinski definition) is 1. The minimum Gasteiger partial charge on any atom is -0.323 e. The predicted octanol–water partition coefficient (Wildman–Crippen LogP) is 0.782. The van der Waals surface area contributed by atoms with Gasteiger partial charge in [0.1, 0.15) is 12.2 Å². The van der Waals surface area contributed by atoms with Gasteiger partial charge in [0.2, 0.25) is 0 Å². The molecule has 0 amide bonds. The van der Waals surface area contributed by atoms with E-state index in [0.717, 1.165) is 31.4 Å². The lowest BCUT2D eigenvalue weighted by Crippen LogP contribution is -2.68. The minimum atomic E-state index is 0.0999. The molecule has 2 heterocycles. The highest BCUT2D eigenvalue weighted by Crippen LogP contribution is 2.43. The number of rotatable bonds is 4. The average molecular weight is 235 g/mol. The Balaban J connectivity index is 1.60. The molecule has 5 heteroatoms. The second-order valence-electron chi connectivity index (χ2n) is 5.87. The lowest BCUT2D eigenvalue weighted by molar-refractivity contribution is 0.0440. The van der Waals surface area contributed by atoms with Crippen LogP contribution >= 0.6 is 0 Å². The molecule has 0 radical (unpaired) electrons. The van der Waals surface area contributed by atoms with Crippen molar-refractivity contribution in [2.45, 2.75) is 44.8 Å². The maximum Gasteiger partial charge on any atom is 0.141 e. The normalized spacial score (nSPS) is 24.0. The van der Waals surface area contributed by atoms with E-state index in [0.29, 0.717) is 6.04 Å². The summed E-state index contributed by atoms with van der Waals surface area (Å²) < 4.78 is 1.99. The molecule has 1 aliphatic heterocycles. The number of nitrogens with zero attached hydrogens (tertiary/aromatic N) is 4. The molecule has 1 aromatic heterocycles. The van der Waals surface area contributed by atoms with Crippen molar-refractivity contribution in [1.29, 1.82) is 0 Å². The van der Waals surface area contributed by atoms with Gasteiger partial charge in [0.05, 0.1) is 6.54 Å². The Morgan fingerprint density at radius 1 is 1.47 bits per heavy atom. The van der Waals surface area contributed by atoms with Crippen molar-refractivity contribution >= 4 is 0 Å². The maximum atomic E-state index is 6.34. The Kier molecular flexibility index (Phi) is 2.48. The number of aromatic nitrogens is 3. The molecule has 1 saturated carbocycles. The summed E-state index contributed by atoms with van der Waals surface area (Å²) in [5.74, 6) is 1.83. The van der Waals surface area contributed by atoms with Crippen molar-refractivity contribution in [3.63, 3.8) is 0 Å². The van der Waals surface area contributed by atoms with Gasteiger partial charge in [-0.05, 0) is 32.6 Å². The van der Waals surface area contributed by atoms with Crippen molar-refractivity contribution < 1.29 is 0 Å². The molecule has 1 saturated heterocycles. The van der Waals surface area contributed by atoms with Crippen LogP contribution in [0.1, 0.15) is 38.6 Å². The lowest BCUT2D eigenvalue weighted by atomic mass is 9.86. The molecule has 0 bridgehead atoms. The molecule has 3 rings (SSSR count). The van der Waals surface area contributed by atoms with Gasteiger partial charge in [0, 0.05) is 24.7 Å². The van der Waals surface area contributed by atoms with Crippen LogP contribution in [0.2, 0.25) is 0 Å². The molecule has 2 aliphatic rings. The van der Waals surface area contributed by atoms with E-state index >= 15 is 0 Å². The van der Waals surface area contributed by atoms with Crippen molar-refractivity contribution in [1.82, 2.24) is 19.7 Å². The molecule has 0 aromatic carbocycles. The number of nitrogens with two attached hydrogens (primary N) is 1. The smallest absolute Gasteiger partial charge is 0.141 e. The third-order valence-corrected chi connectivity index (χ3v) is 3.93. The van der Waals surface area contributed by atoms with E-state index in [2.05, 4.69) is 28.8 Å². The Morgan fingerprint density at radius 2 is 2.18 bits per heavy atom. The van der Waals surface area contributed by atoms with Crippen molar-refractivity contribution in [2.24, 2.45) is 11.7 Å². The SMILES string of the molecule is CC(C)n1ncnc1CN1CC(N)(C2CC2)C1. The summed E-state index contributed by atoms with van der Waals surface area (Å²) in [5.41, 5.74) is 6.44. The molecule has 0 spiro atoms. The topological polar surface area (TPSA) is 60.0 Å². The van der Waals surface area contributed by atoms with Crippen molar-refractivity contribution in [2.75, 3.05) is 13.1 Å². The summed E-state index contributed by atoms with van der Waals surface area (Å²) in [4.78, 5) is 6.71. The van der Waals surface area contributed by atoms with Crippen LogP contribution in [0.3, 0.4) is 0 Å². The van der Waals surface area contributed by atoms with Gasteiger partial charge in [-0.15, -0.1) is 0 Å². The molecule has 17 heavy (non-hydrogen) atoms. The zero-order valence-electron chi connectivity index (χ0n) is 10.6. The van der Waals surface area contributed by atoms with Gasteiger partial charge < -0.3 is 5.73 Å². The van der Waals surface area contributed by atoms with Gasteiger partial charge in [-0.25, -0.2) is 9.67 Å². The standard InChI is InChI=1S/C12H21N5/c1-9(2)17-11(14-8-15-17)5-16-6-12(13,7-16)10-3-4-10/h8-10H,3-7,13H2,1-2H3. The second kappa shape index (κ2) is 3.78. The highest BCUT2D eigenvalue weighted by Gasteiger charge is 2.50. The van der Waals surface area contributed by atoms with Crippen LogP contribution in [0.15, 0.2) is 6.33 Å². The quantitative estimate of drug-likeness (QED) is 0.838. The van der Waals surface area contributed by atoms with Crippen molar-refractivity contribution in [3.8, 4) is 0 Å². The zero-order valence-corrected chi connectivity index (χ0v) is 10.6. The van der Waals surface area contributed by atoms with E-state index in [-0.39, 0.29) is 5.54 Å². The Morgan fingerprint density at radius 3 is 2.76 bits per heavy atom. The van der Waals surface area contributed by atoms with Crippen molar-refractivity contribution in [3.05, 3.63) is 12.2 Å². The highest BCUT2D eigenvalue weighted by atomic mass is 15.4. The van der Waals surface area contributed by atoms with E-state index in [1.165, 1.54) is 12.8 Å². The van der Waals surface area contributed by atoms with Crippen LogP contribution in [0.4, 0.5) is 0 Å². The first-order valence-corrected chi connectivity index (χ1v) is 6.48. The molecule has 5 nitrogen and oxygen atoms in total. The fourth-order valence-electron chi connectivity index (χ4n) is 2.83. The minimum absolute atomic E-state index is 0.0999. The first-order chi connectivity index (χ1) is 8.08. The van der Waals surface area contributed by atoms with E-state index < -0.39 is 0 Å². The van der Waals surface area contributed by atoms with Crippen LogP contribution in [0.25, 0.3) is 0 Å². The van der Waals surface area contributed by atoms with E-state index in [9.17, 15) is 0 Å². The van der Waals surface area contributed by atoms with Crippen LogP contribution in [-0.2, 0) is 6.54 Å². The Hall–Kier alpha value is -0.940. The summed E-state index contributed by atoms with van der Waals surface area (Å²) in [6, 6.07) is 0.375. The first kappa shape index (κ1) is 11.2. The molecular formula is C12H21N5. The number of likely N-dealkylation sites (tertiary alicyclic amines) is 1. The molecule has 0 atom stereocenters.